The molecular weight excluding hydrogens is 296 g/mol. The van der Waals surface area contributed by atoms with Gasteiger partial charge < -0.3 is 9.47 Å². The first-order chi connectivity index (χ1) is 11.6. The fraction of sp³-hybridized carbons (Fsp3) is 1.00. The molecule has 0 aromatic carbocycles. The maximum absolute atomic E-state index is 6.62. The molecule has 0 bridgehead atoms. The van der Waals surface area contributed by atoms with E-state index in [0.717, 1.165) is 72.4 Å². The van der Waals surface area contributed by atoms with Gasteiger partial charge in [-0.1, -0.05) is 13.8 Å². The molecule has 2 heteroatoms. The van der Waals surface area contributed by atoms with Crippen LogP contribution < -0.4 is 0 Å². The van der Waals surface area contributed by atoms with E-state index in [1.54, 1.807) is 0 Å². The summed E-state index contributed by atoms with van der Waals surface area (Å²) < 4.78 is 13.2. The highest BCUT2D eigenvalue weighted by atomic mass is 16.5. The molecule has 6 saturated carbocycles. The summed E-state index contributed by atoms with van der Waals surface area (Å²) in [5.41, 5.74) is 1.01. The van der Waals surface area contributed by atoms with Gasteiger partial charge in [-0.05, 0) is 95.7 Å². The fourth-order valence-electron chi connectivity index (χ4n) is 11.8. The van der Waals surface area contributed by atoms with Gasteiger partial charge >= 0.3 is 0 Å². The zero-order valence-electron chi connectivity index (χ0n) is 15.0. The van der Waals surface area contributed by atoms with Gasteiger partial charge in [0.05, 0.1) is 25.4 Å². The SMILES string of the molecule is C[C@@]12CO[C@H]3CC[C@@H]4[C@@H]3[C@@H]1[C@@H]1[C@H]3[C@H]5[C@H]6[C@@H](CC[C@H]6OC[C@@]5(C)[C@@H]41)[C@@H]32. The Morgan fingerprint density at radius 1 is 0.583 bits per heavy atom. The molecule has 8 aliphatic rings. The van der Waals surface area contributed by atoms with Crippen LogP contribution in [0.25, 0.3) is 0 Å². The number of rotatable bonds is 0. The van der Waals surface area contributed by atoms with Gasteiger partial charge in [0.25, 0.3) is 0 Å². The lowest BCUT2D eigenvalue weighted by molar-refractivity contribution is -0.143. The summed E-state index contributed by atoms with van der Waals surface area (Å²) in [7, 11) is 0. The molecule has 24 heavy (non-hydrogen) atoms. The summed E-state index contributed by atoms with van der Waals surface area (Å²) in [5.74, 6) is 9.83. The fourth-order valence-corrected chi connectivity index (χ4v) is 11.8. The molecule has 0 radical (unpaired) electrons. The molecule has 2 saturated heterocycles. The van der Waals surface area contributed by atoms with Gasteiger partial charge in [0, 0.05) is 0 Å². The Bertz CT molecular complexity index is 604. The van der Waals surface area contributed by atoms with Gasteiger partial charge in [0.1, 0.15) is 0 Å². The summed E-state index contributed by atoms with van der Waals surface area (Å²) in [6.07, 6.45) is 6.88. The van der Waals surface area contributed by atoms with Crippen LogP contribution in [-0.2, 0) is 9.47 Å². The molecule has 0 aromatic heterocycles. The van der Waals surface area contributed by atoms with Crippen LogP contribution in [0.15, 0.2) is 0 Å². The summed E-state index contributed by atoms with van der Waals surface area (Å²) >= 11 is 0. The second-order valence-corrected chi connectivity index (χ2v) is 11.6. The number of ether oxygens (including phenoxy) is 2. The normalized spacial score (nSPS) is 78.2. The predicted octanol–water partition coefficient (Wildman–Crippen LogP) is 3.60. The van der Waals surface area contributed by atoms with Crippen LogP contribution in [0.2, 0.25) is 0 Å². The third-order valence-corrected chi connectivity index (χ3v) is 11.5. The van der Waals surface area contributed by atoms with Crippen molar-refractivity contribution in [2.24, 2.45) is 70.0 Å². The molecule has 0 aromatic rings. The summed E-state index contributed by atoms with van der Waals surface area (Å²) in [6, 6.07) is 0. The van der Waals surface area contributed by atoms with Crippen LogP contribution in [-0.4, -0.2) is 25.4 Å². The maximum atomic E-state index is 6.62. The van der Waals surface area contributed by atoms with E-state index in [4.69, 9.17) is 9.47 Å². The van der Waals surface area contributed by atoms with Crippen molar-refractivity contribution >= 4 is 0 Å². The number of hydrogen-bond donors (Lipinski definition) is 0. The lowest BCUT2D eigenvalue weighted by atomic mass is 9.62. The molecule has 8 rings (SSSR count). The van der Waals surface area contributed by atoms with E-state index in [9.17, 15) is 0 Å². The lowest BCUT2D eigenvalue weighted by Gasteiger charge is -2.49. The third kappa shape index (κ3) is 1.00. The molecule has 2 heterocycles. The minimum absolute atomic E-state index is 0.506. The van der Waals surface area contributed by atoms with E-state index in [1.807, 2.05) is 0 Å². The molecule has 0 spiro atoms. The van der Waals surface area contributed by atoms with Crippen molar-refractivity contribution in [3.05, 3.63) is 0 Å². The molecule has 0 amide bonds. The smallest absolute Gasteiger partial charge is 0.0609 e. The predicted molar refractivity (Wildman–Crippen MR) is 89.1 cm³/mol. The van der Waals surface area contributed by atoms with E-state index >= 15 is 0 Å². The molecule has 0 N–H and O–H groups in total. The van der Waals surface area contributed by atoms with Crippen molar-refractivity contribution in [3.8, 4) is 0 Å². The van der Waals surface area contributed by atoms with Gasteiger partial charge in [-0.15, -0.1) is 0 Å². The standard InChI is InChI=1S/C22H30O2/c1-21-7-23-11-6-4-10-13(11)19(21)16-15-17(21)9-3-5-12-14(9)20(15)22(2,8-24-12)18(10)16/h9-20H,3-8H2,1-2H3/t9-,10-,11-,12+,13+,14+,15-,16-,17+,18+,19-,20-,21+,22+/m1/s1. The molecule has 8 fully saturated rings. The van der Waals surface area contributed by atoms with Crippen molar-refractivity contribution in [1.29, 1.82) is 0 Å². The molecule has 0 unspecified atom stereocenters. The van der Waals surface area contributed by atoms with Crippen molar-refractivity contribution in [2.75, 3.05) is 13.2 Å². The van der Waals surface area contributed by atoms with Crippen LogP contribution in [0.4, 0.5) is 0 Å². The van der Waals surface area contributed by atoms with Crippen molar-refractivity contribution in [3.63, 3.8) is 0 Å². The van der Waals surface area contributed by atoms with E-state index in [1.165, 1.54) is 25.7 Å². The maximum Gasteiger partial charge on any atom is 0.0609 e. The molecule has 6 aliphatic carbocycles. The second-order valence-electron chi connectivity index (χ2n) is 11.6. The monoisotopic (exact) mass is 326 g/mol. The Hall–Kier alpha value is -0.0800. The first kappa shape index (κ1) is 13.1. The minimum atomic E-state index is 0.506. The average molecular weight is 326 g/mol. The van der Waals surface area contributed by atoms with E-state index in [2.05, 4.69) is 13.8 Å². The van der Waals surface area contributed by atoms with Crippen molar-refractivity contribution < 1.29 is 9.47 Å². The van der Waals surface area contributed by atoms with Crippen molar-refractivity contribution in [1.82, 2.24) is 0 Å². The zero-order valence-corrected chi connectivity index (χ0v) is 15.0. The number of hydrogen-bond acceptors (Lipinski definition) is 2. The Morgan fingerprint density at radius 2 is 1.04 bits per heavy atom. The highest BCUT2D eigenvalue weighted by molar-refractivity contribution is 5.31. The lowest BCUT2D eigenvalue weighted by Crippen LogP contribution is -2.50. The molecule has 2 aliphatic heterocycles. The van der Waals surface area contributed by atoms with Gasteiger partial charge in [-0.3, -0.25) is 0 Å². The third-order valence-electron chi connectivity index (χ3n) is 11.5. The first-order valence-corrected chi connectivity index (χ1v) is 10.9. The Kier molecular flexibility index (Phi) is 1.93. The van der Waals surface area contributed by atoms with Crippen LogP contribution >= 0.6 is 0 Å². The molecular formula is C22H30O2. The quantitative estimate of drug-likeness (QED) is 0.677. The van der Waals surface area contributed by atoms with Crippen LogP contribution in [0.3, 0.4) is 0 Å². The van der Waals surface area contributed by atoms with Gasteiger partial charge in [-0.2, -0.15) is 0 Å². The topological polar surface area (TPSA) is 18.5 Å². The van der Waals surface area contributed by atoms with E-state index < -0.39 is 0 Å². The Labute approximate surface area is 145 Å². The minimum Gasteiger partial charge on any atom is -0.377 e. The first-order valence-electron chi connectivity index (χ1n) is 10.9. The largest absolute Gasteiger partial charge is 0.377 e. The number of fused-ring (bicyclic) bond motifs is 4. The molecule has 130 valence electrons. The Morgan fingerprint density at radius 3 is 1.50 bits per heavy atom. The van der Waals surface area contributed by atoms with E-state index in [-0.39, 0.29) is 0 Å². The summed E-state index contributed by atoms with van der Waals surface area (Å²) in [6.45, 7) is 7.54. The highest BCUT2D eigenvalue weighted by Gasteiger charge is 2.84. The summed E-state index contributed by atoms with van der Waals surface area (Å²) in [4.78, 5) is 0. The Balaban J connectivity index is 1.43. The van der Waals surface area contributed by atoms with Crippen LogP contribution in [0, 0.1) is 70.0 Å². The molecule has 2 nitrogen and oxygen atoms in total. The highest BCUT2D eigenvalue weighted by Crippen LogP contribution is 2.86. The van der Waals surface area contributed by atoms with Crippen molar-refractivity contribution in [2.45, 2.75) is 51.7 Å². The molecule has 14 atom stereocenters. The van der Waals surface area contributed by atoms with Crippen LogP contribution in [0.1, 0.15) is 39.5 Å². The van der Waals surface area contributed by atoms with Crippen LogP contribution in [0.5, 0.6) is 0 Å². The van der Waals surface area contributed by atoms with Gasteiger partial charge in [0.15, 0.2) is 0 Å². The van der Waals surface area contributed by atoms with Gasteiger partial charge in [-0.25, -0.2) is 0 Å². The zero-order chi connectivity index (χ0) is 15.6. The second kappa shape index (κ2) is 3.52. The van der Waals surface area contributed by atoms with Gasteiger partial charge in [0.2, 0.25) is 0 Å². The van der Waals surface area contributed by atoms with E-state index in [0.29, 0.717) is 23.0 Å². The summed E-state index contributed by atoms with van der Waals surface area (Å²) in [5, 5.41) is 0. The average Bonchev–Trinajstić information content (AvgIpc) is 3.30.